The van der Waals surface area contributed by atoms with Crippen molar-refractivity contribution in [3.05, 3.63) is 53.1 Å². The molecule has 1 aromatic heterocycles. The van der Waals surface area contributed by atoms with Crippen molar-refractivity contribution >= 4 is 28.4 Å². The third-order valence-electron chi connectivity index (χ3n) is 4.43. The Labute approximate surface area is 136 Å². The van der Waals surface area contributed by atoms with Crippen molar-refractivity contribution in [1.82, 2.24) is 4.98 Å². The lowest BCUT2D eigenvalue weighted by Crippen LogP contribution is -2.23. The van der Waals surface area contributed by atoms with E-state index in [0.29, 0.717) is 5.56 Å². The molecule has 2 heterocycles. The predicted molar refractivity (Wildman–Crippen MR) is 88.4 cm³/mol. The van der Waals surface area contributed by atoms with Crippen LogP contribution < -0.4 is 0 Å². The number of hydrogen-bond acceptors (Lipinski definition) is 4. The molecule has 2 aromatic rings. The smallest absolute Gasteiger partial charge is 0.335 e. The number of rotatable bonds is 2. The molecule has 0 radical (unpaired) electrons. The molecule has 0 saturated carbocycles. The van der Waals surface area contributed by atoms with E-state index in [-0.39, 0.29) is 22.9 Å². The van der Waals surface area contributed by atoms with E-state index in [1.54, 1.807) is 6.08 Å². The van der Waals surface area contributed by atoms with Gasteiger partial charge in [0.05, 0.1) is 23.1 Å². The van der Waals surface area contributed by atoms with Gasteiger partial charge in [0, 0.05) is 10.9 Å². The molecule has 2 aliphatic rings. The molecule has 2 unspecified atom stereocenters. The number of aromatic nitrogens is 1. The van der Waals surface area contributed by atoms with Crippen LogP contribution in [0.5, 0.6) is 5.88 Å². The Hall–Kier alpha value is -3.15. The summed E-state index contributed by atoms with van der Waals surface area (Å²) in [5, 5.41) is 20.1. The standard InChI is InChI=1S/C18H14N2O4/c1-8-2-4-10-12(6-8)20-17(22)14(10)15-16(21)11-5-3-9(18(23)24)7-13(11)19-15/h2-7,11,13,20,22H,1H3,(H,23,24). The van der Waals surface area contributed by atoms with E-state index in [2.05, 4.69) is 9.98 Å². The number of aryl methyl sites for hydroxylation is 1. The third kappa shape index (κ3) is 2.00. The fraction of sp³-hybridized carbons (Fsp3) is 0.167. The minimum Gasteiger partial charge on any atom is -0.494 e. The zero-order valence-electron chi connectivity index (χ0n) is 12.8. The summed E-state index contributed by atoms with van der Waals surface area (Å²) in [5.41, 5.74) is 2.44. The molecule has 2 atom stereocenters. The lowest BCUT2D eigenvalue weighted by Gasteiger charge is -2.13. The molecule has 120 valence electrons. The van der Waals surface area contributed by atoms with E-state index >= 15 is 0 Å². The van der Waals surface area contributed by atoms with E-state index < -0.39 is 17.9 Å². The van der Waals surface area contributed by atoms with Gasteiger partial charge in [-0.05, 0) is 24.6 Å². The number of aromatic hydroxyl groups is 1. The third-order valence-corrected chi connectivity index (χ3v) is 4.43. The lowest BCUT2D eigenvalue weighted by atomic mass is 9.89. The quantitative estimate of drug-likeness (QED) is 0.788. The van der Waals surface area contributed by atoms with Gasteiger partial charge in [0.2, 0.25) is 0 Å². The van der Waals surface area contributed by atoms with Crippen LogP contribution in [0.4, 0.5) is 0 Å². The fourth-order valence-electron chi connectivity index (χ4n) is 3.26. The first-order valence-corrected chi connectivity index (χ1v) is 7.52. The van der Waals surface area contributed by atoms with Crippen molar-refractivity contribution in [1.29, 1.82) is 0 Å². The average molecular weight is 322 g/mol. The van der Waals surface area contributed by atoms with E-state index in [1.165, 1.54) is 12.2 Å². The maximum atomic E-state index is 12.7. The number of carbonyl (C=O) groups excluding carboxylic acids is 1. The van der Waals surface area contributed by atoms with E-state index in [1.807, 2.05) is 25.1 Å². The monoisotopic (exact) mass is 322 g/mol. The summed E-state index contributed by atoms with van der Waals surface area (Å²) < 4.78 is 0. The normalized spacial score (nSPS) is 22.5. The van der Waals surface area contributed by atoms with Gasteiger partial charge in [-0.3, -0.25) is 9.79 Å². The van der Waals surface area contributed by atoms with Gasteiger partial charge in [-0.25, -0.2) is 4.79 Å². The predicted octanol–water partition coefficient (Wildman–Crippen LogP) is 2.12. The van der Waals surface area contributed by atoms with Crippen LogP contribution in [0, 0.1) is 12.8 Å². The Morgan fingerprint density at radius 1 is 1.33 bits per heavy atom. The maximum Gasteiger partial charge on any atom is 0.335 e. The summed E-state index contributed by atoms with van der Waals surface area (Å²) in [6.07, 6.45) is 4.48. The van der Waals surface area contributed by atoms with Crippen LogP contribution in [-0.2, 0) is 9.59 Å². The lowest BCUT2D eigenvalue weighted by molar-refractivity contribution is -0.132. The summed E-state index contributed by atoms with van der Waals surface area (Å²) >= 11 is 0. The molecule has 3 N–H and O–H groups in total. The van der Waals surface area contributed by atoms with Gasteiger partial charge < -0.3 is 15.2 Å². The molecule has 0 bridgehead atoms. The molecule has 6 heteroatoms. The summed E-state index contributed by atoms with van der Waals surface area (Å²) in [7, 11) is 0. The number of aromatic amines is 1. The zero-order chi connectivity index (χ0) is 17.0. The van der Waals surface area contributed by atoms with Crippen LogP contribution in [0.25, 0.3) is 10.9 Å². The summed E-state index contributed by atoms with van der Waals surface area (Å²) in [4.78, 5) is 31.1. The Balaban J connectivity index is 1.85. The van der Waals surface area contributed by atoms with Gasteiger partial charge in [-0.2, -0.15) is 0 Å². The number of aliphatic imine (C=N–C) groups is 1. The molecule has 6 nitrogen and oxygen atoms in total. The van der Waals surface area contributed by atoms with Crippen LogP contribution in [0.2, 0.25) is 0 Å². The van der Waals surface area contributed by atoms with Crippen LogP contribution >= 0.6 is 0 Å². The molecular formula is C18H14N2O4. The molecule has 1 aliphatic heterocycles. The van der Waals surface area contributed by atoms with Gasteiger partial charge in [-0.1, -0.05) is 24.3 Å². The molecule has 0 saturated heterocycles. The number of aliphatic carboxylic acids is 1. The van der Waals surface area contributed by atoms with Gasteiger partial charge in [0.1, 0.15) is 5.71 Å². The SMILES string of the molecule is Cc1ccc2c(C3=NC4C=C(C(=O)O)C=CC4C3=O)c(O)[nH]c2c1. The Morgan fingerprint density at radius 3 is 2.88 bits per heavy atom. The first-order valence-electron chi connectivity index (χ1n) is 7.52. The molecule has 24 heavy (non-hydrogen) atoms. The Morgan fingerprint density at radius 2 is 2.12 bits per heavy atom. The molecule has 0 fully saturated rings. The molecule has 0 spiro atoms. The number of fused-ring (bicyclic) bond motifs is 2. The zero-order valence-corrected chi connectivity index (χ0v) is 12.8. The van der Waals surface area contributed by atoms with Crippen molar-refractivity contribution in [2.75, 3.05) is 0 Å². The minimum absolute atomic E-state index is 0.104. The summed E-state index contributed by atoms with van der Waals surface area (Å²) in [5.74, 6) is -1.88. The number of ketones is 1. The van der Waals surface area contributed by atoms with Crippen LogP contribution in [-0.4, -0.2) is 38.7 Å². The highest BCUT2D eigenvalue weighted by Gasteiger charge is 2.39. The highest BCUT2D eigenvalue weighted by Crippen LogP contribution is 2.35. The first kappa shape index (κ1) is 14.4. The average Bonchev–Trinajstić information content (AvgIpc) is 3.02. The molecule has 1 aromatic carbocycles. The summed E-state index contributed by atoms with van der Waals surface area (Å²) in [6, 6.07) is 5.07. The highest BCUT2D eigenvalue weighted by atomic mass is 16.4. The number of carboxylic acids is 1. The Kier molecular flexibility index (Phi) is 2.96. The van der Waals surface area contributed by atoms with Crippen molar-refractivity contribution in [3.63, 3.8) is 0 Å². The highest BCUT2D eigenvalue weighted by molar-refractivity contribution is 6.51. The Bertz CT molecular complexity index is 994. The van der Waals surface area contributed by atoms with Gasteiger partial charge in [0.15, 0.2) is 11.7 Å². The topological polar surface area (TPSA) is 103 Å². The van der Waals surface area contributed by atoms with Crippen LogP contribution in [0.3, 0.4) is 0 Å². The molecule has 1 aliphatic carbocycles. The molecule has 4 rings (SSSR count). The first-order chi connectivity index (χ1) is 11.5. The van der Waals surface area contributed by atoms with Crippen molar-refractivity contribution in [2.45, 2.75) is 13.0 Å². The second kappa shape index (κ2) is 4.92. The fourth-order valence-corrected chi connectivity index (χ4v) is 3.26. The number of H-pyrrole nitrogens is 1. The van der Waals surface area contributed by atoms with E-state index in [0.717, 1.165) is 16.5 Å². The van der Waals surface area contributed by atoms with Gasteiger partial charge in [-0.15, -0.1) is 0 Å². The largest absolute Gasteiger partial charge is 0.494 e. The van der Waals surface area contributed by atoms with Gasteiger partial charge >= 0.3 is 5.97 Å². The second-order valence-corrected chi connectivity index (χ2v) is 6.04. The number of nitrogens with one attached hydrogen (secondary N) is 1. The number of carboxylic acid groups (broad SMARTS) is 1. The second-order valence-electron chi connectivity index (χ2n) is 6.04. The van der Waals surface area contributed by atoms with Crippen molar-refractivity contribution < 1.29 is 19.8 Å². The van der Waals surface area contributed by atoms with Gasteiger partial charge in [0.25, 0.3) is 0 Å². The van der Waals surface area contributed by atoms with E-state index in [9.17, 15) is 14.7 Å². The number of Topliss-reactive ketones (excluding diaryl/α,β-unsaturated/α-hetero) is 1. The maximum absolute atomic E-state index is 12.7. The number of carbonyl (C=O) groups is 2. The molecular weight excluding hydrogens is 308 g/mol. The van der Waals surface area contributed by atoms with E-state index in [4.69, 9.17) is 5.11 Å². The molecule has 0 amide bonds. The van der Waals surface area contributed by atoms with Crippen LogP contribution in [0.15, 0.2) is 47.0 Å². The van der Waals surface area contributed by atoms with Crippen molar-refractivity contribution in [2.24, 2.45) is 10.9 Å². The summed E-state index contributed by atoms with van der Waals surface area (Å²) in [6.45, 7) is 1.94. The van der Waals surface area contributed by atoms with Crippen molar-refractivity contribution in [3.8, 4) is 5.88 Å². The number of hydrogen-bond donors (Lipinski definition) is 3. The minimum atomic E-state index is -1.05. The number of nitrogens with zero attached hydrogens (tertiary/aromatic N) is 1. The number of benzene rings is 1. The van der Waals surface area contributed by atoms with Crippen LogP contribution in [0.1, 0.15) is 11.1 Å².